The number of phenols is 1. The van der Waals surface area contributed by atoms with E-state index in [-0.39, 0.29) is 18.8 Å². The molecular formula is C19H21NO5. The van der Waals surface area contributed by atoms with Crippen LogP contribution < -0.4 is 10.1 Å². The smallest absolute Gasteiger partial charge is 0.328 e. The van der Waals surface area contributed by atoms with Crippen LogP contribution in [0.2, 0.25) is 0 Å². The van der Waals surface area contributed by atoms with E-state index in [2.05, 4.69) is 5.32 Å². The molecule has 25 heavy (non-hydrogen) atoms. The molecule has 0 aromatic heterocycles. The summed E-state index contributed by atoms with van der Waals surface area (Å²) in [6.07, 6.45) is 0.703. The van der Waals surface area contributed by atoms with Gasteiger partial charge in [-0.1, -0.05) is 36.4 Å². The van der Waals surface area contributed by atoms with E-state index in [1.165, 1.54) is 6.07 Å². The molecule has 0 aliphatic carbocycles. The quantitative estimate of drug-likeness (QED) is 0.538. The summed E-state index contributed by atoms with van der Waals surface area (Å²) >= 11 is 0. The Bertz CT molecular complexity index is 702. The first kappa shape index (κ1) is 18.3. The topological polar surface area (TPSA) is 84.9 Å². The highest BCUT2D eigenvalue weighted by Crippen LogP contribution is 2.28. The molecule has 2 N–H and O–H groups in total. The van der Waals surface area contributed by atoms with Crippen molar-refractivity contribution in [3.8, 4) is 11.5 Å². The van der Waals surface area contributed by atoms with Crippen molar-refractivity contribution in [3.63, 3.8) is 0 Å². The largest absolute Gasteiger partial charge is 0.504 e. The lowest BCUT2D eigenvalue weighted by Crippen LogP contribution is -2.39. The molecule has 0 radical (unpaired) electrons. The zero-order chi connectivity index (χ0) is 18.1. The number of nitrogens with one attached hydrogen (secondary N) is 1. The maximum absolute atomic E-state index is 11.9. The van der Waals surface area contributed by atoms with Crippen LogP contribution in [0.1, 0.15) is 18.1 Å². The number of hydrogen-bond donors (Lipinski definition) is 2. The minimum absolute atomic E-state index is 0.00992. The maximum Gasteiger partial charge on any atom is 0.328 e. The second-order valence-electron chi connectivity index (χ2n) is 5.37. The highest BCUT2D eigenvalue weighted by atomic mass is 16.5. The SMILES string of the molecule is CCOC(=O)[C@H](Cc1ccc(O)c(OCc2ccccc2)c1)NC=O. The van der Waals surface area contributed by atoms with Crippen molar-refractivity contribution in [1.29, 1.82) is 0 Å². The number of esters is 1. The highest BCUT2D eigenvalue weighted by Gasteiger charge is 2.20. The fraction of sp³-hybridized carbons (Fsp3) is 0.263. The van der Waals surface area contributed by atoms with Gasteiger partial charge in [-0.25, -0.2) is 4.79 Å². The van der Waals surface area contributed by atoms with Crippen LogP contribution in [0, 0.1) is 0 Å². The zero-order valence-electron chi connectivity index (χ0n) is 14.0. The fourth-order valence-corrected chi connectivity index (χ4v) is 2.31. The molecule has 0 saturated carbocycles. The molecule has 2 aromatic carbocycles. The van der Waals surface area contributed by atoms with Gasteiger partial charge in [-0.2, -0.15) is 0 Å². The van der Waals surface area contributed by atoms with Crippen LogP contribution in [0.3, 0.4) is 0 Å². The van der Waals surface area contributed by atoms with Gasteiger partial charge in [0.2, 0.25) is 6.41 Å². The Labute approximate surface area is 146 Å². The summed E-state index contributed by atoms with van der Waals surface area (Å²) in [4.78, 5) is 22.6. The number of rotatable bonds is 9. The van der Waals surface area contributed by atoms with Crippen LogP contribution in [-0.4, -0.2) is 30.1 Å². The summed E-state index contributed by atoms with van der Waals surface area (Å²) in [5, 5.41) is 12.4. The molecule has 0 fully saturated rings. The van der Waals surface area contributed by atoms with Crippen molar-refractivity contribution < 1.29 is 24.2 Å². The minimum Gasteiger partial charge on any atom is -0.504 e. The lowest BCUT2D eigenvalue weighted by molar-refractivity contribution is -0.146. The van der Waals surface area contributed by atoms with Crippen LogP contribution >= 0.6 is 0 Å². The Balaban J connectivity index is 2.08. The van der Waals surface area contributed by atoms with E-state index >= 15 is 0 Å². The number of benzene rings is 2. The van der Waals surface area contributed by atoms with Crippen LogP contribution in [0.15, 0.2) is 48.5 Å². The summed E-state index contributed by atoms with van der Waals surface area (Å²) in [6, 6.07) is 13.6. The second kappa shape index (κ2) is 9.32. The van der Waals surface area contributed by atoms with Crippen molar-refractivity contribution in [1.82, 2.24) is 5.32 Å². The Morgan fingerprint density at radius 3 is 2.64 bits per heavy atom. The van der Waals surface area contributed by atoms with Gasteiger partial charge in [-0.3, -0.25) is 4.79 Å². The van der Waals surface area contributed by atoms with Crippen LogP contribution in [0.25, 0.3) is 0 Å². The number of carbonyl (C=O) groups is 2. The number of phenolic OH excluding ortho intramolecular Hbond substituents is 1. The number of carbonyl (C=O) groups excluding carboxylic acids is 2. The third kappa shape index (κ3) is 5.53. The van der Waals surface area contributed by atoms with Gasteiger partial charge < -0.3 is 19.9 Å². The number of hydrogen-bond acceptors (Lipinski definition) is 5. The van der Waals surface area contributed by atoms with Gasteiger partial charge in [-0.05, 0) is 30.2 Å². The van der Waals surface area contributed by atoms with E-state index in [0.717, 1.165) is 11.1 Å². The van der Waals surface area contributed by atoms with E-state index < -0.39 is 12.0 Å². The van der Waals surface area contributed by atoms with Crippen molar-refractivity contribution >= 4 is 12.4 Å². The first-order valence-electron chi connectivity index (χ1n) is 7.99. The van der Waals surface area contributed by atoms with Gasteiger partial charge in [0.05, 0.1) is 6.61 Å². The Hall–Kier alpha value is -3.02. The van der Waals surface area contributed by atoms with Gasteiger partial charge in [0.1, 0.15) is 12.6 Å². The highest BCUT2D eigenvalue weighted by molar-refractivity contribution is 5.78. The average Bonchev–Trinajstić information content (AvgIpc) is 2.62. The van der Waals surface area contributed by atoms with E-state index in [1.807, 2.05) is 30.3 Å². The Morgan fingerprint density at radius 2 is 1.96 bits per heavy atom. The first-order chi connectivity index (χ1) is 12.1. The van der Waals surface area contributed by atoms with Gasteiger partial charge in [-0.15, -0.1) is 0 Å². The average molecular weight is 343 g/mol. The van der Waals surface area contributed by atoms with E-state index in [1.54, 1.807) is 19.1 Å². The number of amides is 1. The van der Waals surface area contributed by atoms with Crippen LogP contribution in [0.5, 0.6) is 11.5 Å². The van der Waals surface area contributed by atoms with Crippen molar-refractivity contribution in [2.75, 3.05) is 6.61 Å². The number of ether oxygens (including phenoxy) is 2. The molecule has 0 saturated heterocycles. The summed E-state index contributed by atoms with van der Waals surface area (Å²) in [5.74, 6) is -0.180. The molecule has 0 spiro atoms. The molecule has 1 amide bonds. The fourth-order valence-electron chi connectivity index (χ4n) is 2.31. The lowest BCUT2D eigenvalue weighted by atomic mass is 10.1. The van der Waals surface area contributed by atoms with Gasteiger partial charge in [0.25, 0.3) is 0 Å². The van der Waals surface area contributed by atoms with E-state index in [4.69, 9.17) is 9.47 Å². The molecule has 0 unspecified atom stereocenters. The normalized spacial score (nSPS) is 11.4. The molecule has 1 atom stereocenters. The van der Waals surface area contributed by atoms with Gasteiger partial charge >= 0.3 is 5.97 Å². The lowest BCUT2D eigenvalue weighted by Gasteiger charge is -2.16. The van der Waals surface area contributed by atoms with Crippen molar-refractivity contribution in [3.05, 3.63) is 59.7 Å². The molecule has 0 aliphatic heterocycles. The standard InChI is InChI=1S/C19H21NO5/c1-2-24-19(23)16(20-13-21)10-15-8-9-17(22)18(11-15)25-12-14-6-4-3-5-7-14/h3-9,11,13,16,22H,2,10,12H2,1H3,(H,20,21)/t16-/m0/s1. The van der Waals surface area contributed by atoms with Crippen molar-refractivity contribution in [2.45, 2.75) is 26.0 Å². The molecule has 2 rings (SSSR count). The third-order valence-corrected chi connectivity index (χ3v) is 3.54. The molecule has 0 bridgehead atoms. The number of aromatic hydroxyl groups is 1. The molecule has 0 aliphatic rings. The maximum atomic E-state index is 11.9. The van der Waals surface area contributed by atoms with E-state index in [0.29, 0.717) is 18.8 Å². The molecule has 132 valence electrons. The summed E-state index contributed by atoms with van der Waals surface area (Å²) in [6.45, 7) is 2.24. The predicted molar refractivity (Wildman–Crippen MR) is 92.2 cm³/mol. The summed E-state index contributed by atoms with van der Waals surface area (Å²) < 4.78 is 10.6. The predicted octanol–water partition coefficient (Wildman–Crippen LogP) is 2.19. The monoisotopic (exact) mass is 343 g/mol. The molecule has 6 heteroatoms. The summed E-state index contributed by atoms with van der Waals surface area (Å²) in [5.41, 5.74) is 1.70. The van der Waals surface area contributed by atoms with Gasteiger partial charge in [0.15, 0.2) is 11.5 Å². The molecule has 2 aromatic rings. The molecule has 6 nitrogen and oxygen atoms in total. The Kier molecular flexibility index (Phi) is 6.83. The van der Waals surface area contributed by atoms with Gasteiger partial charge in [0, 0.05) is 6.42 Å². The molecule has 0 heterocycles. The minimum atomic E-state index is -0.788. The second-order valence-corrected chi connectivity index (χ2v) is 5.37. The van der Waals surface area contributed by atoms with Crippen LogP contribution in [-0.2, 0) is 27.4 Å². The Morgan fingerprint density at radius 1 is 1.20 bits per heavy atom. The first-order valence-corrected chi connectivity index (χ1v) is 7.99. The zero-order valence-corrected chi connectivity index (χ0v) is 14.0. The van der Waals surface area contributed by atoms with E-state index in [9.17, 15) is 14.7 Å². The molecular weight excluding hydrogens is 322 g/mol. The van der Waals surface area contributed by atoms with Crippen LogP contribution in [0.4, 0.5) is 0 Å². The summed E-state index contributed by atoms with van der Waals surface area (Å²) in [7, 11) is 0. The van der Waals surface area contributed by atoms with Crippen molar-refractivity contribution in [2.24, 2.45) is 0 Å². The third-order valence-electron chi connectivity index (χ3n) is 3.54.